The summed E-state index contributed by atoms with van der Waals surface area (Å²) in [6.45, 7) is 3.17. The monoisotopic (exact) mass is 223 g/mol. The predicted octanol–water partition coefficient (Wildman–Crippen LogP) is 4.25. The van der Waals surface area contributed by atoms with Gasteiger partial charge in [0.1, 0.15) is 0 Å². The molecule has 2 heteroatoms. The Morgan fingerprint density at radius 3 is 2.73 bits per heavy atom. The number of benzene rings is 1. The topological polar surface area (TPSA) is 12.0 Å². The zero-order valence-electron chi connectivity index (χ0n) is 9.22. The van der Waals surface area contributed by atoms with Crippen molar-refractivity contribution in [2.45, 2.75) is 32.6 Å². The van der Waals surface area contributed by atoms with Crippen molar-refractivity contribution in [2.75, 3.05) is 11.9 Å². The van der Waals surface area contributed by atoms with Crippen LogP contribution in [0, 0.1) is 12.8 Å². The van der Waals surface area contributed by atoms with Gasteiger partial charge in [0, 0.05) is 6.54 Å². The molecule has 1 aromatic rings. The van der Waals surface area contributed by atoms with Crippen LogP contribution >= 0.6 is 11.6 Å². The van der Waals surface area contributed by atoms with Gasteiger partial charge in [0.25, 0.3) is 0 Å². The summed E-state index contributed by atoms with van der Waals surface area (Å²) >= 11 is 6.15. The van der Waals surface area contributed by atoms with E-state index < -0.39 is 0 Å². The molecule has 0 aliphatic heterocycles. The summed E-state index contributed by atoms with van der Waals surface area (Å²) in [7, 11) is 0. The summed E-state index contributed by atoms with van der Waals surface area (Å²) in [5.74, 6) is 0.848. The highest BCUT2D eigenvalue weighted by molar-refractivity contribution is 6.33. The molecule has 0 bridgehead atoms. The second-order valence-corrected chi connectivity index (χ2v) is 4.87. The van der Waals surface area contributed by atoms with Gasteiger partial charge in [0.2, 0.25) is 0 Å². The largest absolute Gasteiger partial charge is 0.383 e. The molecule has 0 atom stereocenters. The third kappa shape index (κ3) is 2.66. The van der Waals surface area contributed by atoms with Gasteiger partial charge in [0.05, 0.1) is 10.7 Å². The first-order valence-electron chi connectivity index (χ1n) is 5.76. The number of aryl methyl sites for hydroxylation is 1. The van der Waals surface area contributed by atoms with Crippen molar-refractivity contribution < 1.29 is 0 Å². The minimum atomic E-state index is 0.841. The number of hydrogen-bond donors (Lipinski definition) is 1. The SMILES string of the molecule is Cc1cccc(Cl)c1NCC1CCCC1. The van der Waals surface area contributed by atoms with Gasteiger partial charge >= 0.3 is 0 Å². The molecule has 0 amide bonds. The van der Waals surface area contributed by atoms with Gasteiger partial charge in [-0.25, -0.2) is 0 Å². The minimum Gasteiger partial charge on any atom is -0.383 e. The van der Waals surface area contributed by atoms with E-state index in [0.717, 1.165) is 23.2 Å². The Labute approximate surface area is 96.8 Å². The van der Waals surface area contributed by atoms with Crippen LogP contribution in [-0.4, -0.2) is 6.54 Å². The van der Waals surface area contributed by atoms with Crippen molar-refractivity contribution >= 4 is 17.3 Å². The van der Waals surface area contributed by atoms with Crippen LogP contribution in [-0.2, 0) is 0 Å². The lowest BCUT2D eigenvalue weighted by molar-refractivity contribution is 0.580. The highest BCUT2D eigenvalue weighted by Gasteiger charge is 2.15. The number of hydrogen-bond acceptors (Lipinski definition) is 1. The van der Waals surface area contributed by atoms with E-state index >= 15 is 0 Å². The Bertz CT molecular complexity index is 309. The fourth-order valence-electron chi connectivity index (χ4n) is 2.32. The molecule has 0 aromatic heterocycles. The normalized spacial score (nSPS) is 16.9. The predicted molar refractivity (Wildman–Crippen MR) is 66.6 cm³/mol. The molecular weight excluding hydrogens is 206 g/mol. The summed E-state index contributed by atoms with van der Waals surface area (Å²) in [4.78, 5) is 0. The van der Waals surface area contributed by atoms with Crippen LogP contribution < -0.4 is 5.32 Å². The van der Waals surface area contributed by atoms with Crippen LogP contribution in [0.25, 0.3) is 0 Å². The van der Waals surface area contributed by atoms with Crippen molar-refractivity contribution in [1.82, 2.24) is 0 Å². The molecule has 1 aromatic carbocycles. The number of para-hydroxylation sites is 1. The van der Waals surface area contributed by atoms with E-state index in [4.69, 9.17) is 11.6 Å². The smallest absolute Gasteiger partial charge is 0.0640 e. The summed E-state index contributed by atoms with van der Waals surface area (Å²) in [6.07, 6.45) is 5.54. The number of nitrogens with one attached hydrogen (secondary N) is 1. The lowest BCUT2D eigenvalue weighted by atomic mass is 10.1. The van der Waals surface area contributed by atoms with Crippen molar-refractivity contribution in [2.24, 2.45) is 5.92 Å². The Hall–Kier alpha value is -0.690. The zero-order chi connectivity index (χ0) is 10.7. The van der Waals surface area contributed by atoms with Crippen LogP contribution in [0.4, 0.5) is 5.69 Å². The highest BCUT2D eigenvalue weighted by atomic mass is 35.5. The quantitative estimate of drug-likeness (QED) is 0.808. The number of halogens is 1. The standard InChI is InChI=1S/C13H18ClN/c1-10-5-4-8-12(14)13(10)15-9-11-6-2-3-7-11/h4-5,8,11,15H,2-3,6-7,9H2,1H3. The molecule has 2 rings (SSSR count). The Kier molecular flexibility index (Phi) is 3.53. The zero-order valence-corrected chi connectivity index (χ0v) is 9.98. The van der Waals surface area contributed by atoms with Gasteiger partial charge in [-0.05, 0) is 37.3 Å². The molecule has 1 saturated carbocycles. The Morgan fingerprint density at radius 1 is 1.33 bits per heavy atom. The molecule has 1 N–H and O–H groups in total. The number of rotatable bonds is 3. The van der Waals surface area contributed by atoms with E-state index in [2.05, 4.69) is 18.3 Å². The average molecular weight is 224 g/mol. The van der Waals surface area contributed by atoms with Gasteiger partial charge in [-0.3, -0.25) is 0 Å². The van der Waals surface area contributed by atoms with Crippen LogP contribution in [0.2, 0.25) is 5.02 Å². The maximum atomic E-state index is 6.15. The van der Waals surface area contributed by atoms with Gasteiger partial charge < -0.3 is 5.32 Å². The number of anilines is 1. The first-order chi connectivity index (χ1) is 7.27. The second-order valence-electron chi connectivity index (χ2n) is 4.46. The van der Waals surface area contributed by atoms with Crippen LogP contribution in [0.5, 0.6) is 0 Å². The fraction of sp³-hybridized carbons (Fsp3) is 0.538. The minimum absolute atomic E-state index is 0.841. The van der Waals surface area contributed by atoms with Crippen LogP contribution in [0.1, 0.15) is 31.2 Å². The van der Waals surface area contributed by atoms with Gasteiger partial charge in [-0.2, -0.15) is 0 Å². The molecule has 82 valence electrons. The summed E-state index contributed by atoms with van der Waals surface area (Å²) in [5.41, 5.74) is 2.35. The molecular formula is C13H18ClN. The first-order valence-corrected chi connectivity index (χ1v) is 6.14. The first kappa shape index (κ1) is 10.8. The third-order valence-corrected chi connectivity index (χ3v) is 3.58. The van der Waals surface area contributed by atoms with Gasteiger partial charge in [0.15, 0.2) is 0 Å². The lowest BCUT2D eigenvalue weighted by Crippen LogP contribution is -2.11. The lowest BCUT2D eigenvalue weighted by Gasteiger charge is -2.14. The molecule has 0 saturated heterocycles. The van der Waals surface area contributed by atoms with Crippen molar-refractivity contribution in [3.05, 3.63) is 28.8 Å². The van der Waals surface area contributed by atoms with E-state index in [0.29, 0.717) is 0 Å². The van der Waals surface area contributed by atoms with E-state index in [1.165, 1.54) is 31.2 Å². The molecule has 1 aliphatic carbocycles. The molecule has 0 heterocycles. The maximum absolute atomic E-state index is 6.15. The average Bonchev–Trinajstić information content (AvgIpc) is 2.70. The molecule has 0 radical (unpaired) electrons. The highest BCUT2D eigenvalue weighted by Crippen LogP contribution is 2.28. The molecule has 1 aliphatic rings. The fourth-order valence-corrected chi connectivity index (χ4v) is 2.61. The van der Waals surface area contributed by atoms with Crippen LogP contribution in [0.15, 0.2) is 18.2 Å². The van der Waals surface area contributed by atoms with E-state index in [-0.39, 0.29) is 0 Å². The second kappa shape index (κ2) is 4.89. The molecule has 1 fully saturated rings. The molecule has 0 unspecified atom stereocenters. The van der Waals surface area contributed by atoms with Crippen molar-refractivity contribution in [3.8, 4) is 0 Å². The Morgan fingerprint density at radius 2 is 2.07 bits per heavy atom. The maximum Gasteiger partial charge on any atom is 0.0640 e. The molecule has 15 heavy (non-hydrogen) atoms. The molecule has 1 nitrogen and oxygen atoms in total. The van der Waals surface area contributed by atoms with Gasteiger partial charge in [-0.1, -0.05) is 36.6 Å². The summed E-state index contributed by atoms with van der Waals surface area (Å²) in [5, 5.41) is 4.33. The summed E-state index contributed by atoms with van der Waals surface area (Å²) < 4.78 is 0. The van der Waals surface area contributed by atoms with E-state index in [1.807, 2.05) is 12.1 Å². The summed E-state index contributed by atoms with van der Waals surface area (Å²) in [6, 6.07) is 6.05. The van der Waals surface area contributed by atoms with E-state index in [9.17, 15) is 0 Å². The Balaban J connectivity index is 1.97. The third-order valence-electron chi connectivity index (χ3n) is 3.26. The van der Waals surface area contributed by atoms with Crippen LogP contribution in [0.3, 0.4) is 0 Å². The molecule has 0 spiro atoms. The van der Waals surface area contributed by atoms with Gasteiger partial charge in [-0.15, -0.1) is 0 Å². The van der Waals surface area contributed by atoms with Crippen molar-refractivity contribution in [1.29, 1.82) is 0 Å². The van der Waals surface area contributed by atoms with E-state index in [1.54, 1.807) is 0 Å². The van der Waals surface area contributed by atoms with Crippen molar-refractivity contribution in [3.63, 3.8) is 0 Å².